The Bertz CT molecular complexity index is 385. The minimum absolute atomic E-state index is 0.134. The summed E-state index contributed by atoms with van der Waals surface area (Å²) in [5.74, 6) is 0.464. The average molecular weight is 338 g/mol. The average Bonchev–Trinajstić information content (AvgIpc) is 2.56. The fourth-order valence-corrected chi connectivity index (χ4v) is 3.47. The molecule has 0 saturated heterocycles. The van der Waals surface area contributed by atoms with Gasteiger partial charge in [-0.2, -0.15) is 11.8 Å². The van der Waals surface area contributed by atoms with Crippen molar-refractivity contribution in [1.82, 2.24) is 5.32 Å². The van der Waals surface area contributed by atoms with E-state index in [-0.39, 0.29) is 12.5 Å². The van der Waals surface area contributed by atoms with Crippen LogP contribution >= 0.6 is 39.0 Å². The second kappa shape index (κ2) is 6.22. The van der Waals surface area contributed by atoms with Gasteiger partial charge in [0.1, 0.15) is 0 Å². The van der Waals surface area contributed by atoms with Crippen molar-refractivity contribution in [2.75, 3.05) is 18.6 Å². The molecule has 1 heterocycles. The summed E-state index contributed by atoms with van der Waals surface area (Å²) >= 11 is 6.35. The van der Waals surface area contributed by atoms with Gasteiger partial charge in [-0.1, -0.05) is 0 Å². The van der Waals surface area contributed by atoms with Crippen LogP contribution < -0.4 is 5.32 Å². The summed E-state index contributed by atoms with van der Waals surface area (Å²) in [5, 5.41) is 12.7. The predicted molar refractivity (Wildman–Crippen MR) is 78.1 cm³/mol. The van der Waals surface area contributed by atoms with Crippen molar-refractivity contribution in [3.8, 4) is 0 Å². The molecule has 0 aromatic carbocycles. The van der Waals surface area contributed by atoms with Crippen molar-refractivity contribution in [2.24, 2.45) is 0 Å². The summed E-state index contributed by atoms with van der Waals surface area (Å²) in [6.45, 7) is 3.93. The van der Waals surface area contributed by atoms with E-state index in [1.165, 1.54) is 11.3 Å². The van der Waals surface area contributed by atoms with E-state index in [0.29, 0.717) is 10.6 Å². The van der Waals surface area contributed by atoms with E-state index in [4.69, 9.17) is 0 Å². The van der Waals surface area contributed by atoms with Crippen molar-refractivity contribution in [2.45, 2.75) is 19.4 Å². The third-order valence-electron chi connectivity index (χ3n) is 2.17. The normalized spacial score (nSPS) is 14.4. The van der Waals surface area contributed by atoms with Crippen molar-refractivity contribution in [3.05, 3.63) is 20.3 Å². The molecule has 0 aliphatic heterocycles. The number of rotatable bonds is 5. The van der Waals surface area contributed by atoms with Gasteiger partial charge in [-0.05, 0) is 47.7 Å². The van der Waals surface area contributed by atoms with Crippen LogP contribution in [0.5, 0.6) is 0 Å². The number of thiophene rings is 1. The second-order valence-corrected chi connectivity index (χ2v) is 7.42. The summed E-state index contributed by atoms with van der Waals surface area (Å²) in [6, 6.07) is 1.84. The number of aliphatic hydroxyl groups is 1. The molecule has 17 heavy (non-hydrogen) atoms. The van der Waals surface area contributed by atoms with Crippen molar-refractivity contribution in [1.29, 1.82) is 0 Å². The lowest BCUT2D eigenvalue weighted by Gasteiger charge is -2.22. The Morgan fingerprint density at radius 1 is 1.71 bits per heavy atom. The maximum atomic E-state index is 11.8. The summed E-state index contributed by atoms with van der Waals surface area (Å²) < 4.78 is 0.971. The van der Waals surface area contributed by atoms with Crippen LogP contribution in [0.4, 0.5) is 0 Å². The SMILES string of the molecule is CSCC(C)(O)CNC(=O)c1cc(C)c(Br)s1. The molecule has 0 aliphatic rings. The molecule has 0 radical (unpaired) electrons. The van der Waals surface area contributed by atoms with Crippen LogP contribution in [-0.2, 0) is 0 Å². The van der Waals surface area contributed by atoms with Gasteiger partial charge in [-0.25, -0.2) is 0 Å². The van der Waals surface area contributed by atoms with Gasteiger partial charge in [0.2, 0.25) is 0 Å². The van der Waals surface area contributed by atoms with Crippen LogP contribution in [0, 0.1) is 6.92 Å². The Morgan fingerprint density at radius 2 is 2.35 bits per heavy atom. The van der Waals surface area contributed by atoms with Gasteiger partial charge in [0.05, 0.1) is 14.3 Å². The highest BCUT2D eigenvalue weighted by Crippen LogP contribution is 2.27. The third kappa shape index (κ3) is 4.62. The number of hydrogen-bond donors (Lipinski definition) is 2. The number of amides is 1. The number of nitrogens with one attached hydrogen (secondary N) is 1. The first-order valence-corrected chi connectivity index (χ1v) is 8.11. The van der Waals surface area contributed by atoms with Crippen LogP contribution in [-0.4, -0.2) is 35.2 Å². The van der Waals surface area contributed by atoms with Crippen LogP contribution in [0.1, 0.15) is 22.2 Å². The molecule has 0 saturated carbocycles. The lowest BCUT2D eigenvalue weighted by atomic mass is 10.1. The van der Waals surface area contributed by atoms with Gasteiger partial charge in [-0.3, -0.25) is 4.79 Å². The van der Waals surface area contributed by atoms with Gasteiger partial charge in [-0.15, -0.1) is 11.3 Å². The summed E-state index contributed by atoms with van der Waals surface area (Å²) in [5.41, 5.74) is 0.189. The molecule has 1 aromatic rings. The molecule has 2 N–H and O–H groups in total. The fraction of sp³-hybridized carbons (Fsp3) is 0.545. The van der Waals surface area contributed by atoms with Crippen LogP contribution in [0.25, 0.3) is 0 Å². The van der Waals surface area contributed by atoms with Gasteiger partial charge in [0, 0.05) is 12.3 Å². The number of carbonyl (C=O) groups is 1. The zero-order chi connectivity index (χ0) is 13.1. The minimum Gasteiger partial charge on any atom is -0.387 e. The predicted octanol–water partition coefficient (Wildman–Crippen LogP) is 2.66. The summed E-state index contributed by atoms with van der Waals surface area (Å²) in [6.07, 6.45) is 1.93. The van der Waals surface area contributed by atoms with E-state index in [1.807, 2.05) is 19.2 Å². The lowest BCUT2D eigenvalue weighted by molar-refractivity contribution is 0.0727. The molecule has 1 atom stereocenters. The highest BCUT2D eigenvalue weighted by Gasteiger charge is 2.21. The van der Waals surface area contributed by atoms with Gasteiger partial charge < -0.3 is 10.4 Å². The molecular formula is C11H16BrNO2S2. The Morgan fingerprint density at radius 3 is 2.82 bits per heavy atom. The molecule has 1 unspecified atom stereocenters. The largest absolute Gasteiger partial charge is 0.387 e. The van der Waals surface area contributed by atoms with E-state index in [1.54, 1.807) is 18.7 Å². The number of halogens is 1. The first-order valence-electron chi connectivity index (χ1n) is 5.11. The standard InChI is InChI=1S/C11H16BrNO2S2/c1-7-4-8(17-9(7)12)10(14)13-5-11(2,15)6-16-3/h4,15H,5-6H2,1-3H3,(H,13,14). The molecule has 0 spiro atoms. The quantitative estimate of drug-likeness (QED) is 0.868. The van der Waals surface area contributed by atoms with Crippen LogP contribution in [0.3, 0.4) is 0 Å². The minimum atomic E-state index is -0.862. The van der Waals surface area contributed by atoms with Crippen molar-refractivity contribution < 1.29 is 9.90 Å². The molecule has 0 aliphatic carbocycles. The molecule has 6 heteroatoms. The van der Waals surface area contributed by atoms with Gasteiger partial charge in [0.25, 0.3) is 5.91 Å². The van der Waals surface area contributed by atoms with Crippen molar-refractivity contribution in [3.63, 3.8) is 0 Å². The topological polar surface area (TPSA) is 49.3 Å². The van der Waals surface area contributed by atoms with Gasteiger partial charge >= 0.3 is 0 Å². The lowest BCUT2D eigenvalue weighted by Crippen LogP contribution is -2.42. The van der Waals surface area contributed by atoms with Gasteiger partial charge in [0.15, 0.2) is 0 Å². The Labute approximate surface area is 118 Å². The monoisotopic (exact) mass is 337 g/mol. The Kier molecular flexibility index (Phi) is 5.50. The fourth-order valence-electron chi connectivity index (χ4n) is 1.29. The number of aryl methyl sites for hydroxylation is 1. The van der Waals surface area contributed by atoms with Crippen molar-refractivity contribution >= 4 is 44.9 Å². The Hall–Kier alpha value is -0.0400. The smallest absolute Gasteiger partial charge is 0.261 e. The Balaban J connectivity index is 2.56. The van der Waals surface area contributed by atoms with E-state index in [9.17, 15) is 9.90 Å². The summed E-state index contributed by atoms with van der Waals surface area (Å²) in [4.78, 5) is 12.5. The molecule has 1 rings (SSSR count). The van der Waals surface area contributed by atoms with E-state index in [0.717, 1.165) is 9.35 Å². The number of thioether (sulfide) groups is 1. The number of hydrogen-bond acceptors (Lipinski definition) is 4. The second-order valence-electron chi connectivity index (χ2n) is 4.18. The molecule has 1 aromatic heterocycles. The first kappa shape index (κ1) is 15.0. The third-order valence-corrected chi connectivity index (χ3v) is 5.21. The number of carbonyl (C=O) groups excluding carboxylic acids is 1. The van der Waals surface area contributed by atoms with E-state index >= 15 is 0 Å². The highest BCUT2D eigenvalue weighted by molar-refractivity contribution is 9.11. The maximum absolute atomic E-state index is 11.8. The maximum Gasteiger partial charge on any atom is 0.261 e. The molecule has 1 amide bonds. The molecule has 96 valence electrons. The molecule has 0 bridgehead atoms. The van der Waals surface area contributed by atoms with E-state index in [2.05, 4.69) is 21.2 Å². The van der Waals surface area contributed by atoms with Crippen LogP contribution in [0.2, 0.25) is 0 Å². The van der Waals surface area contributed by atoms with Crippen LogP contribution in [0.15, 0.2) is 9.85 Å². The first-order chi connectivity index (χ1) is 7.85. The zero-order valence-electron chi connectivity index (χ0n) is 10.0. The summed E-state index contributed by atoms with van der Waals surface area (Å²) in [7, 11) is 0. The highest BCUT2D eigenvalue weighted by atomic mass is 79.9. The van der Waals surface area contributed by atoms with E-state index < -0.39 is 5.60 Å². The molecule has 3 nitrogen and oxygen atoms in total. The molecule has 0 fully saturated rings. The molecular weight excluding hydrogens is 322 g/mol. The zero-order valence-corrected chi connectivity index (χ0v) is 13.3.